The third-order valence-electron chi connectivity index (χ3n) is 5.21. The van der Waals surface area contributed by atoms with Crippen molar-refractivity contribution in [2.24, 2.45) is 0 Å². The number of aromatic nitrogens is 1. The highest BCUT2D eigenvalue weighted by Gasteiger charge is 2.13. The zero-order valence-electron chi connectivity index (χ0n) is 18.3. The molecule has 4 rings (SSSR count). The summed E-state index contributed by atoms with van der Waals surface area (Å²) in [6.07, 6.45) is 3.48. The molecule has 1 heterocycles. The quantitative estimate of drug-likeness (QED) is 0.349. The number of nitrogens with one attached hydrogen (secondary N) is 2. The maximum absolute atomic E-state index is 12.8. The van der Waals surface area contributed by atoms with E-state index in [2.05, 4.69) is 15.8 Å². The van der Waals surface area contributed by atoms with E-state index in [1.165, 1.54) is 0 Å². The number of hydroxylamine groups is 1. The van der Waals surface area contributed by atoms with Crippen LogP contribution in [0.15, 0.2) is 97.3 Å². The highest BCUT2D eigenvalue weighted by Crippen LogP contribution is 2.32. The number of rotatable bonds is 9. The smallest absolute Gasteiger partial charge is 0.276 e. The fourth-order valence-electron chi connectivity index (χ4n) is 3.54. The van der Waals surface area contributed by atoms with Gasteiger partial charge in [-0.1, -0.05) is 54.6 Å². The molecule has 0 aliphatic heterocycles. The number of carbonyl (C=O) groups is 1. The summed E-state index contributed by atoms with van der Waals surface area (Å²) in [5, 5.41) is 3.30. The van der Waals surface area contributed by atoms with E-state index in [0.717, 1.165) is 33.7 Å². The van der Waals surface area contributed by atoms with Crippen LogP contribution in [0.2, 0.25) is 0 Å². The van der Waals surface area contributed by atoms with Gasteiger partial charge in [-0.3, -0.25) is 14.6 Å². The highest BCUT2D eigenvalue weighted by molar-refractivity contribution is 5.99. The minimum absolute atomic E-state index is 0.215. The standard InChI is InChI=1S/C27H25N3O3/c1-32-26-13-7-5-10-23(26)22-9-3-2-8-21(22)19-33-30-27(31)24-11-4-6-12-25(24)29-18-20-14-16-28-17-15-20/h2-17,29H,18-19H2,1H3,(H,30,31). The Morgan fingerprint density at radius 1 is 0.848 bits per heavy atom. The molecule has 166 valence electrons. The molecule has 2 N–H and O–H groups in total. The summed E-state index contributed by atoms with van der Waals surface area (Å²) in [5.41, 5.74) is 7.77. The summed E-state index contributed by atoms with van der Waals surface area (Å²) in [5.74, 6) is 0.464. The Morgan fingerprint density at radius 3 is 2.36 bits per heavy atom. The SMILES string of the molecule is COc1ccccc1-c1ccccc1CONC(=O)c1ccccc1NCc1ccncc1. The molecule has 0 atom stereocenters. The van der Waals surface area contributed by atoms with Gasteiger partial charge in [0.2, 0.25) is 0 Å². The number of amides is 1. The normalized spacial score (nSPS) is 10.5. The zero-order chi connectivity index (χ0) is 22.9. The van der Waals surface area contributed by atoms with Gasteiger partial charge in [-0.15, -0.1) is 0 Å². The largest absolute Gasteiger partial charge is 0.496 e. The molecule has 0 bridgehead atoms. The van der Waals surface area contributed by atoms with E-state index in [1.807, 2.05) is 78.9 Å². The van der Waals surface area contributed by atoms with Crippen molar-refractivity contribution in [1.29, 1.82) is 0 Å². The van der Waals surface area contributed by atoms with Crippen LogP contribution in [0, 0.1) is 0 Å². The number of hydrogen-bond acceptors (Lipinski definition) is 5. The highest BCUT2D eigenvalue weighted by atomic mass is 16.6. The Kier molecular flexibility index (Phi) is 7.30. The van der Waals surface area contributed by atoms with Crippen molar-refractivity contribution in [1.82, 2.24) is 10.5 Å². The molecule has 0 saturated carbocycles. The topological polar surface area (TPSA) is 72.5 Å². The Bertz CT molecular complexity index is 1210. The maximum Gasteiger partial charge on any atom is 0.276 e. The van der Waals surface area contributed by atoms with Crippen molar-refractivity contribution in [2.75, 3.05) is 12.4 Å². The van der Waals surface area contributed by atoms with E-state index >= 15 is 0 Å². The second-order valence-corrected chi connectivity index (χ2v) is 7.33. The van der Waals surface area contributed by atoms with Crippen LogP contribution in [0.1, 0.15) is 21.5 Å². The van der Waals surface area contributed by atoms with Gasteiger partial charge >= 0.3 is 0 Å². The molecule has 6 nitrogen and oxygen atoms in total. The van der Waals surface area contributed by atoms with Crippen molar-refractivity contribution in [2.45, 2.75) is 13.2 Å². The zero-order valence-corrected chi connectivity index (χ0v) is 18.3. The van der Waals surface area contributed by atoms with E-state index in [1.54, 1.807) is 25.6 Å². The monoisotopic (exact) mass is 439 g/mol. The number of ether oxygens (including phenoxy) is 1. The second kappa shape index (κ2) is 10.9. The van der Waals surface area contributed by atoms with E-state index in [4.69, 9.17) is 9.57 Å². The molecular formula is C27H25N3O3. The van der Waals surface area contributed by atoms with Crippen molar-refractivity contribution in [3.8, 4) is 16.9 Å². The van der Waals surface area contributed by atoms with E-state index in [9.17, 15) is 4.79 Å². The van der Waals surface area contributed by atoms with Gasteiger partial charge in [0, 0.05) is 30.2 Å². The number of para-hydroxylation sites is 2. The average molecular weight is 440 g/mol. The molecule has 0 fully saturated rings. The Balaban J connectivity index is 1.42. The summed E-state index contributed by atoms with van der Waals surface area (Å²) in [7, 11) is 1.65. The molecule has 0 spiro atoms. The van der Waals surface area contributed by atoms with Gasteiger partial charge in [-0.25, -0.2) is 5.48 Å². The Morgan fingerprint density at radius 2 is 1.55 bits per heavy atom. The molecule has 3 aromatic carbocycles. The van der Waals surface area contributed by atoms with Gasteiger partial charge in [-0.2, -0.15) is 0 Å². The van der Waals surface area contributed by atoms with E-state index < -0.39 is 0 Å². The lowest BCUT2D eigenvalue weighted by molar-refractivity contribution is 0.0235. The molecule has 0 unspecified atom stereocenters. The lowest BCUT2D eigenvalue weighted by Gasteiger charge is -2.14. The molecule has 0 aliphatic rings. The first-order valence-electron chi connectivity index (χ1n) is 10.6. The molecule has 33 heavy (non-hydrogen) atoms. The van der Waals surface area contributed by atoms with Gasteiger partial charge < -0.3 is 10.1 Å². The fraction of sp³-hybridized carbons (Fsp3) is 0.111. The van der Waals surface area contributed by atoms with Gasteiger partial charge in [0.25, 0.3) is 5.91 Å². The summed E-state index contributed by atoms with van der Waals surface area (Å²) < 4.78 is 5.50. The Labute approximate surface area is 193 Å². The van der Waals surface area contributed by atoms with Gasteiger partial charge in [-0.05, 0) is 47.0 Å². The molecule has 6 heteroatoms. The number of nitrogens with zero attached hydrogens (tertiary/aromatic N) is 1. The van der Waals surface area contributed by atoms with Crippen LogP contribution in [0.4, 0.5) is 5.69 Å². The number of benzene rings is 3. The lowest BCUT2D eigenvalue weighted by Crippen LogP contribution is -2.24. The van der Waals surface area contributed by atoms with Gasteiger partial charge in [0.05, 0.1) is 12.7 Å². The van der Waals surface area contributed by atoms with Crippen LogP contribution in [0.25, 0.3) is 11.1 Å². The third-order valence-corrected chi connectivity index (χ3v) is 5.21. The van der Waals surface area contributed by atoms with E-state index in [-0.39, 0.29) is 12.5 Å². The molecule has 1 amide bonds. The number of pyridine rings is 1. The van der Waals surface area contributed by atoms with Crippen LogP contribution in [0.3, 0.4) is 0 Å². The maximum atomic E-state index is 12.8. The van der Waals surface area contributed by atoms with Crippen molar-refractivity contribution in [3.05, 3.63) is 114 Å². The van der Waals surface area contributed by atoms with Crippen LogP contribution >= 0.6 is 0 Å². The van der Waals surface area contributed by atoms with Crippen molar-refractivity contribution >= 4 is 11.6 Å². The first-order valence-corrected chi connectivity index (χ1v) is 10.6. The summed E-state index contributed by atoms with van der Waals surface area (Å²) in [6.45, 7) is 0.798. The number of methoxy groups -OCH3 is 1. The molecular weight excluding hydrogens is 414 g/mol. The summed E-state index contributed by atoms with van der Waals surface area (Å²) >= 11 is 0. The summed E-state index contributed by atoms with van der Waals surface area (Å²) in [4.78, 5) is 22.5. The predicted octanol–water partition coefficient (Wildman–Crippen LogP) is 5.23. The molecule has 0 saturated heterocycles. The molecule has 1 aromatic heterocycles. The number of hydrogen-bond donors (Lipinski definition) is 2. The fourth-order valence-corrected chi connectivity index (χ4v) is 3.54. The minimum Gasteiger partial charge on any atom is -0.496 e. The average Bonchev–Trinajstić information content (AvgIpc) is 2.88. The Hall–Kier alpha value is -4.16. The van der Waals surface area contributed by atoms with Gasteiger partial charge in [0.15, 0.2) is 0 Å². The van der Waals surface area contributed by atoms with Crippen molar-refractivity contribution in [3.63, 3.8) is 0 Å². The molecule has 0 aliphatic carbocycles. The van der Waals surface area contributed by atoms with E-state index in [0.29, 0.717) is 12.1 Å². The van der Waals surface area contributed by atoms with Crippen molar-refractivity contribution < 1.29 is 14.4 Å². The van der Waals surface area contributed by atoms with Crippen LogP contribution < -0.4 is 15.5 Å². The molecule has 4 aromatic rings. The lowest BCUT2D eigenvalue weighted by atomic mass is 9.99. The minimum atomic E-state index is -0.317. The number of carbonyl (C=O) groups excluding carboxylic acids is 1. The van der Waals surface area contributed by atoms with Crippen LogP contribution in [-0.2, 0) is 18.0 Å². The van der Waals surface area contributed by atoms with Crippen LogP contribution in [0.5, 0.6) is 5.75 Å². The van der Waals surface area contributed by atoms with Gasteiger partial charge in [0.1, 0.15) is 12.4 Å². The predicted molar refractivity (Wildman–Crippen MR) is 129 cm³/mol. The van der Waals surface area contributed by atoms with Crippen LogP contribution in [-0.4, -0.2) is 18.0 Å². The second-order valence-electron chi connectivity index (χ2n) is 7.33. The first-order chi connectivity index (χ1) is 16.3. The number of anilines is 1. The first kappa shape index (κ1) is 22.0. The third kappa shape index (κ3) is 5.56. The summed E-state index contributed by atoms with van der Waals surface area (Å²) in [6, 6.07) is 26.9. The molecule has 0 radical (unpaired) electrons.